The Morgan fingerprint density at radius 1 is 1.59 bits per heavy atom. The van der Waals surface area contributed by atoms with Gasteiger partial charge in [0.2, 0.25) is 0 Å². The summed E-state index contributed by atoms with van der Waals surface area (Å²) >= 11 is 1.60. The molecule has 2 rings (SSSR count). The molecule has 0 aliphatic carbocycles. The minimum absolute atomic E-state index is 0.0341. The van der Waals surface area contributed by atoms with E-state index in [9.17, 15) is 0 Å². The highest BCUT2D eigenvalue weighted by Crippen LogP contribution is 2.21. The van der Waals surface area contributed by atoms with Crippen molar-refractivity contribution in [1.82, 2.24) is 9.97 Å². The van der Waals surface area contributed by atoms with Gasteiger partial charge in [-0.1, -0.05) is 5.16 Å². The summed E-state index contributed by atoms with van der Waals surface area (Å²) in [6.07, 6.45) is 5.69. The van der Waals surface area contributed by atoms with E-state index in [0.717, 1.165) is 30.2 Å². The second-order valence-electron chi connectivity index (χ2n) is 3.67. The van der Waals surface area contributed by atoms with Gasteiger partial charge in [-0.25, -0.2) is 9.97 Å². The van der Waals surface area contributed by atoms with E-state index in [-0.39, 0.29) is 5.84 Å². The van der Waals surface area contributed by atoms with Gasteiger partial charge in [0.1, 0.15) is 10.7 Å². The van der Waals surface area contributed by atoms with Crippen LogP contribution in [0.25, 0.3) is 0 Å². The minimum Gasteiger partial charge on any atom is -0.409 e. The molecular formula is C10H14N4O2S. The zero-order chi connectivity index (χ0) is 12.1. The first-order chi connectivity index (χ1) is 8.29. The number of amidine groups is 1. The molecule has 1 aliphatic heterocycles. The van der Waals surface area contributed by atoms with E-state index in [1.807, 2.05) is 0 Å². The molecule has 2 heterocycles. The van der Waals surface area contributed by atoms with Crippen LogP contribution in [0.5, 0.6) is 0 Å². The summed E-state index contributed by atoms with van der Waals surface area (Å²) < 4.78 is 5.51. The van der Waals surface area contributed by atoms with Crippen molar-refractivity contribution >= 4 is 17.6 Å². The number of hydrogen-bond acceptors (Lipinski definition) is 6. The van der Waals surface area contributed by atoms with Crippen LogP contribution in [0.2, 0.25) is 0 Å². The van der Waals surface area contributed by atoms with E-state index in [2.05, 4.69) is 15.1 Å². The fourth-order valence-corrected chi connectivity index (χ4v) is 2.40. The summed E-state index contributed by atoms with van der Waals surface area (Å²) in [4.78, 5) is 8.24. The number of thioether (sulfide) groups is 1. The SMILES string of the molecule is NC(=NO)c1cnc(SCC2CCCO2)cn1. The molecule has 0 radical (unpaired) electrons. The lowest BCUT2D eigenvalue weighted by Crippen LogP contribution is -2.15. The minimum atomic E-state index is -0.0341. The quantitative estimate of drug-likeness (QED) is 0.272. The van der Waals surface area contributed by atoms with E-state index in [1.54, 1.807) is 18.0 Å². The van der Waals surface area contributed by atoms with Crippen molar-refractivity contribution in [3.05, 3.63) is 18.1 Å². The van der Waals surface area contributed by atoms with Crippen molar-refractivity contribution in [2.24, 2.45) is 10.9 Å². The molecule has 1 unspecified atom stereocenters. The molecule has 3 N–H and O–H groups in total. The molecule has 1 aromatic rings. The number of ether oxygens (including phenoxy) is 1. The summed E-state index contributed by atoms with van der Waals surface area (Å²) in [6.45, 7) is 0.860. The number of oxime groups is 1. The predicted octanol–water partition coefficient (Wildman–Crippen LogP) is 0.842. The number of aromatic nitrogens is 2. The third-order valence-corrected chi connectivity index (χ3v) is 3.48. The number of nitrogens with zero attached hydrogens (tertiary/aromatic N) is 3. The predicted molar refractivity (Wildman–Crippen MR) is 64.2 cm³/mol. The first-order valence-corrected chi connectivity index (χ1v) is 6.32. The molecule has 1 aromatic heterocycles. The van der Waals surface area contributed by atoms with E-state index < -0.39 is 0 Å². The van der Waals surface area contributed by atoms with E-state index in [1.165, 1.54) is 6.20 Å². The van der Waals surface area contributed by atoms with Gasteiger partial charge in [0.15, 0.2) is 5.84 Å². The van der Waals surface area contributed by atoms with Gasteiger partial charge in [0.25, 0.3) is 0 Å². The molecule has 1 saturated heterocycles. The van der Waals surface area contributed by atoms with Crippen molar-refractivity contribution in [2.45, 2.75) is 24.0 Å². The average molecular weight is 254 g/mol. The molecule has 1 atom stereocenters. The highest BCUT2D eigenvalue weighted by atomic mass is 32.2. The monoisotopic (exact) mass is 254 g/mol. The van der Waals surface area contributed by atoms with Gasteiger partial charge in [-0.15, -0.1) is 11.8 Å². The molecule has 7 heteroatoms. The zero-order valence-electron chi connectivity index (χ0n) is 9.24. The van der Waals surface area contributed by atoms with Crippen LogP contribution in [0.15, 0.2) is 22.6 Å². The van der Waals surface area contributed by atoms with E-state index in [4.69, 9.17) is 15.7 Å². The summed E-state index contributed by atoms with van der Waals surface area (Å²) in [6, 6.07) is 0. The molecule has 0 bridgehead atoms. The zero-order valence-corrected chi connectivity index (χ0v) is 10.1. The molecule has 17 heavy (non-hydrogen) atoms. The van der Waals surface area contributed by atoms with Crippen LogP contribution in [0.3, 0.4) is 0 Å². The molecule has 0 spiro atoms. The third kappa shape index (κ3) is 3.31. The summed E-state index contributed by atoms with van der Waals surface area (Å²) in [5.41, 5.74) is 5.76. The van der Waals surface area contributed by atoms with Gasteiger partial charge < -0.3 is 15.7 Å². The van der Waals surface area contributed by atoms with Crippen molar-refractivity contribution in [3.63, 3.8) is 0 Å². The maximum Gasteiger partial charge on any atom is 0.190 e. The maximum atomic E-state index is 8.48. The van der Waals surface area contributed by atoms with Gasteiger partial charge in [-0.2, -0.15) is 0 Å². The second kappa shape index (κ2) is 5.83. The normalized spacial score (nSPS) is 20.7. The van der Waals surface area contributed by atoms with Gasteiger partial charge in [-0.05, 0) is 12.8 Å². The van der Waals surface area contributed by atoms with Gasteiger partial charge in [0.05, 0.1) is 18.5 Å². The fraction of sp³-hybridized carbons (Fsp3) is 0.500. The highest BCUT2D eigenvalue weighted by molar-refractivity contribution is 7.99. The Balaban J connectivity index is 1.89. The van der Waals surface area contributed by atoms with Gasteiger partial charge in [-0.3, -0.25) is 0 Å². The lowest BCUT2D eigenvalue weighted by molar-refractivity contribution is 0.129. The van der Waals surface area contributed by atoms with Crippen LogP contribution >= 0.6 is 11.8 Å². The summed E-state index contributed by atoms with van der Waals surface area (Å²) in [7, 11) is 0. The lowest BCUT2D eigenvalue weighted by atomic mass is 10.3. The third-order valence-electron chi connectivity index (χ3n) is 2.44. The van der Waals surface area contributed by atoms with Crippen molar-refractivity contribution < 1.29 is 9.94 Å². The first-order valence-electron chi connectivity index (χ1n) is 5.34. The molecule has 6 nitrogen and oxygen atoms in total. The Morgan fingerprint density at radius 2 is 2.47 bits per heavy atom. The standard InChI is InChI=1S/C10H14N4O2S/c11-10(14-15)8-4-13-9(5-12-8)17-6-7-2-1-3-16-7/h4-5,7,15H,1-3,6H2,(H2,11,14). The summed E-state index contributed by atoms with van der Waals surface area (Å²) in [5.74, 6) is 0.852. The maximum absolute atomic E-state index is 8.48. The lowest BCUT2D eigenvalue weighted by Gasteiger charge is -2.07. The van der Waals surface area contributed by atoms with E-state index >= 15 is 0 Å². The highest BCUT2D eigenvalue weighted by Gasteiger charge is 2.15. The van der Waals surface area contributed by atoms with Crippen molar-refractivity contribution in [3.8, 4) is 0 Å². The molecule has 0 aromatic carbocycles. The largest absolute Gasteiger partial charge is 0.409 e. The molecule has 1 fully saturated rings. The molecular weight excluding hydrogens is 240 g/mol. The average Bonchev–Trinajstić information content (AvgIpc) is 2.89. The van der Waals surface area contributed by atoms with Crippen LogP contribution in [0.1, 0.15) is 18.5 Å². The Bertz CT molecular complexity index is 390. The number of nitrogens with two attached hydrogens (primary N) is 1. The van der Waals surface area contributed by atoms with Crippen LogP contribution in [-0.4, -0.2) is 39.5 Å². The Labute approximate surface area is 103 Å². The smallest absolute Gasteiger partial charge is 0.190 e. The van der Waals surface area contributed by atoms with E-state index in [0.29, 0.717) is 11.8 Å². The van der Waals surface area contributed by atoms with Crippen LogP contribution in [0, 0.1) is 0 Å². The van der Waals surface area contributed by atoms with Crippen LogP contribution < -0.4 is 5.73 Å². The Morgan fingerprint density at radius 3 is 3.06 bits per heavy atom. The fourth-order valence-electron chi connectivity index (χ4n) is 1.53. The number of hydrogen-bond donors (Lipinski definition) is 2. The number of rotatable bonds is 4. The molecule has 0 saturated carbocycles. The summed E-state index contributed by atoms with van der Waals surface area (Å²) in [5, 5.41) is 12.2. The van der Waals surface area contributed by atoms with Gasteiger partial charge in [0, 0.05) is 12.4 Å². The van der Waals surface area contributed by atoms with Crippen molar-refractivity contribution in [1.29, 1.82) is 0 Å². The van der Waals surface area contributed by atoms with Crippen molar-refractivity contribution in [2.75, 3.05) is 12.4 Å². The first kappa shape index (κ1) is 12.1. The topological polar surface area (TPSA) is 93.6 Å². The van der Waals surface area contributed by atoms with Crippen LogP contribution in [0.4, 0.5) is 0 Å². The van der Waals surface area contributed by atoms with Crippen LogP contribution in [-0.2, 0) is 4.74 Å². The Kier molecular flexibility index (Phi) is 4.16. The second-order valence-corrected chi connectivity index (χ2v) is 4.71. The van der Waals surface area contributed by atoms with Gasteiger partial charge >= 0.3 is 0 Å². The molecule has 92 valence electrons. The molecule has 0 amide bonds. The Hall–Kier alpha value is -1.34. The molecule has 1 aliphatic rings.